The van der Waals surface area contributed by atoms with E-state index >= 15 is 0 Å². The van der Waals surface area contributed by atoms with Crippen LogP contribution in [0.5, 0.6) is 0 Å². The second-order valence-electron chi connectivity index (χ2n) is 6.36. The topological polar surface area (TPSA) is 76.6 Å². The fraction of sp³-hybridized carbons (Fsp3) is 0.412. The molecule has 2 aromatic rings. The second kappa shape index (κ2) is 5.38. The SMILES string of the molecule is O=C(O)CN1CCC(N2CCc3c[nH]c(=O)c4cccc2c34)C1. The van der Waals surface area contributed by atoms with E-state index in [1.165, 1.54) is 5.56 Å². The fourth-order valence-electron chi connectivity index (χ4n) is 3.95. The van der Waals surface area contributed by atoms with Gasteiger partial charge in [-0.3, -0.25) is 14.5 Å². The number of nitrogens with zero attached hydrogens (tertiary/aromatic N) is 2. The summed E-state index contributed by atoms with van der Waals surface area (Å²) in [5, 5.41) is 10.8. The zero-order chi connectivity index (χ0) is 16.0. The van der Waals surface area contributed by atoms with Crippen LogP contribution in [0.25, 0.3) is 10.8 Å². The summed E-state index contributed by atoms with van der Waals surface area (Å²) >= 11 is 0. The highest BCUT2D eigenvalue weighted by atomic mass is 16.4. The van der Waals surface area contributed by atoms with Crippen LogP contribution in [0.2, 0.25) is 0 Å². The normalized spacial score (nSPS) is 21.0. The van der Waals surface area contributed by atoms with Gasteiger partial charge in [-0.15, -0.1) is 0 Å². The number of H-pyrrole nitrogens is 1. The van der Waals surface area contributed by atoms with E-state index in [9.17, 15) is 9.59 Å². The first kappa shape index (κ1) is 14.3. The number of nitrogens with one attached hydrogen (secondary N) is 1. The lowest BCUT2D eigenvalue weighted by Gasteiger charge is -2.35. The van der Waals surface area contributed by atoms with Crippen LogP contribution in [0.3, 0.4) is 0 Å². The van der Waals surface area contributed by atoms with E-state index in [0.717, 1.165) is 48.9 Å². The highest BCUT2D eigenvalue weighted by Crippen LogP contribution is 2.35. The van der Waals surface area contributed by atoms with Crippen LogP contribution in [-0.2, 0) is 11.2 Å². The molecule has 0 aliphatic carbocycles. The fourth-order valence-corrected chi connectivity index (χ4v) is 3.95. The van der Waals surface area contributed by atoms with E-state index in [-0.39, 0.29) is 12.1 Å². The monoisotopic (exact) mass is 313 g/mol. The number of benzene rings is 1. The molecule has 1 atom stereocenters. The molecule has 1 fully saturated rings. The number of carbonyl (C=O) groups is 1. The number of hydrogen-bond donors (Lipinski definition) is 2. The average Bonchev–Trinajstić information content (AvgIpc) is 2.98. The number of anilines is 1. The lowest BCUT2D eigenvalue weighted by Crippen LogP contribution is -2.41. The maximum Gasteiger partial charge on any atom is 0.317 e. The quantitative estimate of drug-likeness (QED) is 0.886. The van der Waals surface area contributed by atoms with Crippen LogP contribution in [-0.4, -0.2) is 53.2 Å². The third-order valence-electron chi connectivity index (χ3n) is 4.96. The molecule has 1 unspecified atom stereocenters. The third-order valence-corrected chi connectivity index (χ3v) is 4.96. The summed E-state index contributed by atoms with van der Waals surface area (Å²) in [6.45, 7) is 2.58. The average molecular weight is 313 g/mol. The van der Waals surface area contributed by atoms with Gasteiger partial charge >= 0.3 is 5.97 Å². The Kier molecular flexibility index (Phi) is 3.34. The first-order chi connectivity index (χ1) is 11.1. The van der Waals surface area contributed by atoms with Crippen LogP contribution in [0.4, 0.5) is 5.69 Å². The van der Waals surface area contributed by atoms with E-state index in [1.807, 2.05) is 23.2 Å². The molecular weight excluding hydrogens is 294 g/mol. The molecule has 120 valence electrons. The minimum absolute atomic E-state index is 0.0497. The van der Waals surface area contributed by atoms with Gasteiger partial charge in [-0.25, -0.2) is 0 Å². The number of carboxylic acids is 1. The van der Waals surface area contributed by atoms with Crippen LogP contribution in [0.1, 0.15) is 12.0 Å². The lowest BCUT2D eigenvalue weighted by atomic mass is 9.97. The van der Waals surface area contributed by atoms with Crippen LogP contribution >= 0.6 is 0 Å². The van der Waals surface area contributed by atoms with Crippen LogP contribution in [0.15, 0.2) is 29.2 Å². The Balaban J connectivity index is 1.70. The molecule has 3 heterocycles. The molecule has 1 aromatic heterocycles. The highest BCUT2D eigenvalue weighted by molar-refractivity contribution is 5.97. The summed E-state index contributed by atoms with van der Waals surface area (Å²) < 4.78 is 0. The van der Waals surface area contributed by atoms with Crippen molar-refractivity contribution in [3.63, 3.8) is 0 Å². The van der Waals surface area contributed by atoms with Crippen molar-refractivity contribution in [2.24, 2.45) is 0 Å². The Hall–Kier alpha value is -2.34. The molecule has 1 saturated heterocycles. The van der Waals surface area contributed by atoms with E-state index in [2.05, 4.69) is 16.0 Å². The van der Waals surface area contributed by atoms with E-state index in [0.29, 0.717) is 6.04 Å². The van der Waals surface area contributed by atoms with Gasteiger partial charge < -0.3 is 15.0 Å². The molecular formula is C17H19N3O3. The third kappa shape index (κ3) is 2.39. The minimum Gasteiger partial charge on any atom is -0.480 e. The number of aromatic amines is 1. The molecule has 6 nitrogen and oxygen atoms in total. The molecule has 0 saturated carbocycles. The van der Waals surface area contributed by atoms with Crippen LogP contribution < -0.4 is 10.5 Å². The number of carboxylic acid groups (broad SMARTS) is 1. The van der Waals surface area contributed by atoms with Crippen molar-refractivity contribution in [3.05, 3.63) is 40.3 Å². The predicted octanol–water partition coefficient (Wildman–Crippen LogP) is 1.05. The van der Waals surface area contributed by atoms with Gasteiger partial charge in [-0.1, -0.05) is 6.07 Å². The molecule has 2 aliphatic heterocycles. The summed E-state index contributed by atoms with van der Waals surface area (Å²) in [7, 11) is 0. The molecule has 0 radical (unpaired) electrons. The smallest absolute Gasteiger partial charge is 0.317 e. The Morgan fingerprint density at radius 3 is 3.04 bits per heavy atom. The number of aliphatic carboxylic acids is 1. The Morgan fingerprint density at radius 2 is 2.22 bits per heavy atom. The summed E-state index contributed by atoms with van der Waals surface area (Å²) in [6.07, 6.45) is 3.69. The van der Waals surface area contributed by atoms with Gasteiger partial charge in [0.15, 0.2) is 0 Å². The van der Waals surface area contributed by atoms with E-state index < -0.39 is 5.97 Å². The largest absolute Gasteiger partial charge is 0.480 e. The minimum atomic E-state index is -0.775. The number of pyridine rings is 1. The van der Waals surface area contributed by atoms with Crippen molar-refractivity contribution in [3.8, 4) is 0 Å². The predicted molar refractivity (Wildman–Crippen MR) is 88.1 cm³/mol. The van der Waals surface area contributed by atoms with Crippen molar-refractivity contribution < 1.29 is 9.90 Å². The summed E-state index contributed by atoms with van der Waals surface area (Å²) in [5.74, 6) is -0.775. The summed E-state index contributed by atoms with van der Waals surface area (Å²) in [4.78, 5) is 30.1. The lowest BCUT2D eigenvalue weighted by molar-refractivity contribution is -0.138. The maximum atomic E-state index is 12.1. The summed E-state index contributed by atoms with van der Waals surface area (Å²) in [6, 6.07) is 6.19. The molecule has 6 heteroatoms. The zero-order valence-electron chi connectivity index (χ0n) is 12.8. The molecule has 2 N–H and O–H groups in total. The van der Waals surface area contributed by atoms with Crippen molar-refractivity contribution in [1.82, 2.24) is 9.88 Å². The first-order valence-electron chi connectivity index (χ1n) is 7.97. The van der Waals surface area contributed by atoms with Gasteiger partial charge in [-0.2, -0.15) is 0 Å². The van der Waals surface area contributed by atoms with Crippen molar-refractivity contribution >= 4 is 22.4 Å². The van der Waals surface area contributed by atoms with Crippen molar-refractivity contribution in [2.45, 2.75) is 18.9 Å². The molecule has 0 bridgehead atoms. The molecule has 0 spiro atoms. The number of likely N-dealkylation sites (tertiary alicyclic amines) is 1. The molecule has 1 aromatic carbocycles. The Labute approximate surface area is 133 Å². The Bertz CT molecular complexity index is 829. The van der Waals surface area contributed by atoms with Gasteiger partial charge in [-0.05, 0) is 30.5 Å². The highest BCUT2D eigenvalue weighted by Gasteiger charge is 2.31. The number of hydrogen-bond acceptors (Lipinski definition) is 4. The second-order valence-corrected chi connectivity index (χ2v) is 6.36. The number of rotatable bonds is 3. The van der Waals surface area contributed by atoms with Crippen molar-refractivity contribution in [1.29, 1.82) is 0 Å². The van der Waals surface area contributed by atoms with Crippen LogP contribution in [0, 0.1) is 0 Å². The van der Waals surface area contributed by atoms with E-state index in [1.54, 1.807) is 0 Å². The van der Waals surface area contributed by atoms with Gasteiger partial charge in [0.2, 0.25) is 0 Å². The van der Waals surface area contributed by atoms with Gasteiger partial charge in [0.05, 0.1) is 6.54 Å². The standard InChI is InChI=1S/C17H19N3O3/c21-15(22)10-19-6-5-12(9-19)20-7-4-11-8-18-17(23)13-2-1-3-14(20)16(11)13/h1-3,8,12H,4-7,9-10H2,(H,18,23)(H,21,22). The van der Waals surface area contributed by atoms with Gasteiger partial charge in [0, 0.05) is 48.3 Å². The first-order valence-corrected chi connectivity index (χ1v) is 7.97. The molecule has 0 amide bonds. The molecule has 2 aliphatic rings. The van der Waals surface area contributed by atoms with Gasteiger partial charge in [0.1, 0.15) is 0 Å². The van der Waals surface area contributed by atoms with E-state index in [4.69, 9.17) is 5.11 Å². The van der Waals surface area contributed by atoms with Crippen molar-refractivity contribution in [2.75, 3.05) is 31.1 Å². The molecule has 4 rings (SSSR count). The molecule has 23 heavy (non-hydrogen) atoms. The maximum absolute atomic E-state index is 12.1. The zero-order valence-corrected chi connectivity index (χ0v) is 12.8. The summed E-state index contributed by atoms with van der Waals surface area (Å²) in [5.41, 5.74) is 2.25. The number of aromatic nitrogens is 1. The van der Waals surface area contributed by atoms with Gasteiger partial charge in [0.25, 0.3) is 5.56 Å². The Morgan fingerprint density at radius 1 is 1.35 bits per heavy atom.